The number of aromatic carboxylic acids is 1. The Balaban J connectivity index is 2.07. The van der Waals surface area contributed by atoms with Crippen LogP contribution in [0.2, 0.25) is 0 Å². The monoisotopic (exact) mass is 223 g/mol. The standard InChI is InChI=1S/C12H17NO3/c1-9(13-7-3-2-4-8-13)10-5-6-11(16-10)12(14)15/h5-6,9H,2-4,7-8H2,1H3,(H,14,15)/t9-/m0/s1. The number of rotatable bonds is 3. The summed E-state index contributed by atoms with van der Waals surface area (Å²) in [5.41, 5.74) is 0. The summed E-state index contributed by atoms with van der Waals surface area (Å²) in [6, 6.07) is 3.47. The summed E-state index contributed by atoms with van der Waals surface area (Å²) in [6.07, 6.45) is 3.73. The molecule has 88 valence electrons. The van der Waals surface area contributed by atoms with Crippen molar-refractivity contribution < 1.29 is 14.3 Å². The molecule has 0 amide bonds. The second-order valence-electron chi connectivity index (χ2n) is 4.28. The summed E-state index contributed by atoms with van der Waals surface area (Å²) in [5, 5.41) is 8.78. The van der Waals surface area contributed by atoms with Crippen LogP contribution >= 0.6 is 0 Å². The topological polar surface area (TPSA) is 53.7 Å². The fraction of sp³-hybridized carbons (Fsp3) is 0.583. The molecular formula is C12H17NO3. The van der Waals surface area contributed by atoms with Crippen LogP contribution in [-0.2, 0) is 0 Å². The smallest absolute Gasteiger partial charge is 0.371 e. The van der Waals surface area contributed by atoms with Crippen LogP contribution in [0.3, 0.4) is 0 Å². The van der Waals surface area contributed by atoms with E-state index >= 15 is 0 Å². The van der Waals surface area contributed by atoms with Crippen LogP contribution in [0.15, 0.2) is 16.5 Å². The molecule has 2 heterocycles. The molecule has 0 bridgehead atoms. The molecule has 0 unspecified atom stereocenters. The highest BCUT2D eigenvalue weighted by molar-refractivity contribution is 5.84. The predicted molar refractivity (Wildman–Crippen MR) is 59.5 cm³/mol. The fourth-order valence-corrected chi connectivity index (χ4v) is 2.18. The number of hydrogen-bond acceptors (Lipinski definition) is 3. The summed E-state index contributed by atoms with van der Waals surface area (Å²) >= 11 is 0. The Kier molecular flexibility index (Phi) is 3.29. The van der Waals surface area contributed by atoms with Crippen LogP contribution in [-0.4, -0.2) is 29.1 Å². The van der Waals surface area contributed by atoms with Crippen molar-refractivity contribution in [1.29, 1.82) is 0 Å². The van der Waals surface area contributed by atoms with E-state index < -0.39 is 5.97 Å². The molecule has 16 heavy (non-hydrogen) atoms. The second-order valence-corrected chi connectivity index (χ2v) is 4.28. The lowest BCUT2D eigenvalue weighted by molar-refractivity contribution is 0.0654. The third-order valence-corrected chi connectivity index (χ3v) is 3.19. The SMILES string of the molecule is C[C@@H](c1ccc(C(=O)O)o1)N1CCCCC1. The van der Waals surface area contributed by atoms with Gasteiger partial charge in [-0.15, -0.1) is 0 Å². The maximum Gasteiger partial charge on any atom is 0.371 e. The van der Waals surface area contributed by atoms with Crippen LogP contribution in [0.5, 0.6) is 0 Å². The number of carboxylic acid groups (broad SMARTS) is 1. The zero-order valence-electron chi connectivity index (χ0n) is 9.48. The first-order chi connectivity index (χ1) is 7.68. The van der Waals surface area contributed by atoms with Gasteiger partial charge in [-0.2, -0.15) is 0 Å². The molecule has 1 aliphatic heterocycles. The van der Waals surface area contributed by atoms with Gasteiger partial charge in [0.1, 0.15) is 5.76 Å². The largest absolute Gasteiger partial charge is 0.475 e. The number of carboxylic acids is 1. The molecule has 4 nitrogen and oxygen atoms in total. The molecule has 1 atom stereocenters. The van der Waals surface area contributed by atoms with E-state index in [2.05, 4.69) is 11.8 Å². The van der Waals surface area contributed by atoms with Crippen LogP contribution < -0.4 is 0 Å². The van der Waals surface area contributed by atoms with Gasteiger partial charge in [-0.25, -0.2) is 4.79 Å². The fourth-order valence-electron chi connectivity index (χ4n) is 2.18. The first-order valence-corrected chi connectivity index (χ1v) is 5.75. The predicted octanol–water partition coefficient (Wildman–Crippen LogP) is 2.52. The van der Waals surface area contributed by atoms with Gasteiger partial charge in [0.15, 0.2) is 0 Å². The maximum atomic E-state index is 10.7. The molecule has 1 aromatic heterocycles. The van der Waals surface area contributed by atoms with Gasteiger partial charge >= 0.3 is 5.97 Å². The van der Waals surface area contributed by atoms with Crippen LogP contribution in [0.4, 0.5) is 0 Å². The third kappa shape index (κ3) is 2.27. The summed E-state index contributed by atoms with van der Waals surface area (Å²) in [5.74, 6) is -0.227. The van der Waals surface area contributed by atoms with E-state index in [0.29, 0.717) is 0 Å². The Bertz CT molecular complexity index is 366. The highest BCUT2D eigenvalue weighted by Crippen LogP contribution is 2.25. The van der Waals surface area contributed by atoms with Crippen molar-refractivity contribution >= 4 is 5.97 Å². The van der Waals surface area contributed by atoms with Crippen molar-refractivity contribution in [1.82, 2.24) is 4.90 Å². The number of likely N-dealkylation sites (tertiary alicyclic amines) is 1. The zero-order chi connectivity index (χ0) is 11.5. The van der Waals surface area contributed by atoms with Gasteiger partial charge in [0.25, 0.3) is 0 Å². The van der Waals surface area contributed by atoms with E-state index in [1.807, 2.05) is 0 Å². The van der Waals surface area contributed by atoms with Crippen molar-refractivity contribution in [2.24, 2.45) is 0 Å². The highest BCUT2D eigenvalue weighted by Gasteiger charge is 2.21. The first kappa shape index (κ1) is 11.2. The minimum Gasteiger partial charge on any atom is -0.475 e. The minimum atomic E-state index is -1.00. The van der Waals surface area contributed by atoms with E-state index in [-0.39, 0.29) is 11.8 Å². The van der Waals surface area contributed by atoms with Crippen LogP contribution in [0, 0.1) is 0 Å². The lowest BCUT2D eigenvalue weighted by atomic mass is 10.1. The Labute approximate surface area is 94.9 Å². The molecule has 1 aliphatic rings. The summed E-state index contributed by atoms with van der Waals surface area (Å²) in [7, 11) is 0. The summed E-state index contributed by atoms with van der Waals surface area (Å²) in [6.45, 7) is 4.21. The Morgan fingerprint density at radius 1 is 1.38 bits per heavy atom. The van der Waals surface area contributed by atoms with Crippen molar-refractivity contribution in [3.8, 4) is 0 Å². The lowest BCUT2D eigenvalue weighted by Gasteiger charge is -2.31. The number of hydrogen-bond donors (Lipinski definition) is 1. The van der Waals surface area contributed by atoms with E-state index in [1.54, 1.807) is 6.07 Å². The van der Waals surface area contributed by atoms with Gasteiger partial charge in [-0.1, -0.05) is 6.42 Å². The molecule has 2 rings (SSSR count). The Hall–Kier alpha value is -1.29. The molecular weight excluding hydrogens is 206 g/mol. The second kappa shape index (κ2) is 4.70. The van der Waals surface area contributed by atoms with E-state index in [4.69, 9.17) is 9.52 Å². The van der Waals surface area contributed by atoms with E-state index in [1.165, 1.54) is 25.3 Å². The van der Waals surface area contributed by atoms with Crippen molar-refractivity contribution in [3.63, 3.8) is 0 Å². The third-order valence-electron chi connectivity index (χ3n) is 3.19. The highest BCUT2D eigenvalue weighted by atomic mass is 16.4. The lowest BCUT2D eigenvalue weighted by Crippen LogP contribution is -2.32. The van der Waals surface area contributed by atoms with E-state index in [0.717, 1.165) is 18.8 Å². The molecule has 1 saturated heterocycles. The molecule has 4 heteroatoms. The van der Waals surface area contributed by atoms with Gasteiger partial charge in [0, 0.05) is 0 Å². The molecule has 0 radical (unpaired) electrons. The minimum absolute atomic E-state index is 0.0267. The number of carbonyl (C=O) groups is 1. The first-order valence-electron chi connectivity index (χ1n) is 5.75. The van der Waals surface area contributed by atoms with Crippen molar-refractivity contribution in [2.75, 3.05) is 13.1 Å². The quantitative estimate of drug-likeness (QED) is 0.855. The molecule has 1 fully saturated rings. The van der Waals surface area contributed by atoms with E-state index in [9.17, 15) is 4.79 Å². The Morgan fingerprint density at radius 2 is 2.06 bits per heavy atom. The normalized spacial score (nSPS) is 19.6. The van der Waals surface area contributed by atoms with Crippen molar-refractivity contribution in [3.05, 3.63) is 23.7 Å². The number of nitrogens with zero attached hydrogens (tertiary/aromatic N) is 1. The molecule has 0 saturated carbocycles. The van der Waals surface area contributed by atoms with Gasteiger partial charge in [-0.3, -0.25) is 4.90 Å². The van der Waals surface area contributed by atoms with Crippen LogP contribution in [0.25, 0.3) is 0 Å². The van der Waals surface area contributed by atoms with Crippen LogP contribution in [0.1, 0.15) is 48.5 Å². The molecule has 0 aromatic carbocycles. The number of piperidine rings is 1. The number of furan rings is 1. The average molecular weight is 223 g/mol. The molecule has 0 spiro atoms. The maximum absolute atomic E-state index is 10.7. The Morgan fingerprint density at radius 3 is 2.62 bits per heavy atom. The van der Waals surface area contributed by atoms with Gasteiger partial charge < -0.3 is 9.52 Å². The zero-order valence-corrected chi connectivity index (χ0v) is 9.48. The molecule has 0 aliphatic carbocycles. The van der Waals surface area contributed by atoms with Gasteiger partial charge in [-0.05, 0) is 45.0 Å². The van der Waals surface area contributed by atoms with Crippen molar-refractivity contribution in [2.45, 2.75) is 32.2 Å². The van der Waals surface area contributed by atoms with Gasteiger partial charge in [0.05, 0.1) is 6.04 Å². The molecule has 1 N–H and O–H groups in total. The average Bonchev–Trinajstić information content (AvgIpc) is 2.78. The summed E-state index contributed by atoms with van der Waals surface area (Å²) < 4.78 is 5.32. The summed E-state index contributed by atoms with van der Waals surface area (Å²) in [4.78, 5) is 13.0. The molecule has 1 aromatic rings. The van der Waals surface area contributed by atoms with Gasteiger partial charge in [0.2, 0.25) is 5.76 Å².